The molecule has 20 heavy (non-hydrogen) atoms. The van der Waals surface area contributed by atoms with Gasteiger partial charge in [0.05, 0.1) is 18.5 Å². The summed E-state index contributed by atoms with van der Waals surface area (Å²) >= 11 is 7.52. The van der Waals surface area contributed by atoms with Crippen molar-refractivity contribution in [3.8, 4) is 0 Å². The van der Waals surface area contributed by atoms with E-state index in [-0.39, 0.29) is 19.1 Å². The summed E-state index contributed by atoms with van der Waals surface area (Å²) < 4.78 is 5.06. The van der Waals surface area contributed by atoms with Gasteiger partial charge in [-0.15, -0.1) is 11.8 Å². The Hall–Kier alpha value is -0.750. The number of rotatable bonds is 9. The van der Waals surface area contributed by atoms with E-state index < -0.39 is 6.10 Å². The van der Waals surface area contributed by atoms with Crippen LogP contribution in [-0.2, 0) is 15.3 Å². The van der Waals surface area contributed by atoms with Gasteiger partial charge in [0.2, 0.25) is 5.91 Å². The molecule has 0 aliphatic rings. The highest BCUT2D eigenvalue weighted by molar-refractivity contribution is 7.99. The van der Waals surface area contributed by atoms with Gasteiger partial charge in [0.1, 0.15) is 0 Å². The average molecular weight is 318 g/mol. The van der Waals surface area contributed by atoms with Crippen LogP contribution >= 0.6 is 23.4 Å². The third kappa shape index (κ3) is 7.14. The van der Waals surface area contributed by atoms with Gasteiger partial charge in [-0.25, -0.2) is 0 Å². The first-order chi connectivity index (χ1) is 9.63. The molecule has 6 heteroatoms. The van der Waals surface area contributed by atoms with Gasteiger partial charge in [0.15, 0.2) is 0 Å². The number of aliphatic hydroxyl groups is 1. The Morgan fingerprint density at radius 3 is 2.95 bits per heavy atom. The van der Waals surface area contributed by atoms with Gasteiger partial charge in [-0.2, -0.15) is 0 Å². The molecule has 1 atom stereocenters. The number of benzene rings is 1. The van der Waals surface area contributed by atoms with Crippen LogP contribution in [0.15, 0.2) is 24.3 Å². The fourth-order valence-corrected chi connectivity index (χ4v) is 2.61. The fraction of sp³-hybridized carbons (Fsp3) is 0.500. The Labute approximate surface area is 128 Å². The first-order valence-corrected chi connectivity index (χ1v) is 8.00. The zero-order valence-corrected chi connectivity index (χ0v) is 13.0. The van der Waals surface area contributed by atoms with Crippen molar-refractivity contribution in [2.45, 2.75) is 18.8 Å². The number of carbonyl (C=O) groups excluding carboxylic acids is 1. The van der Waals surface area contributed by atoms with Crippen LogP contribution in [0, 0.1) is 0 Å². The second-order valence-corrected chi connectivity index (χ2v) is 5.59. The van der Waals surface area contributed by atoms with Gasteiger partial charge in [-0.1, -0.05) is 29.8 Å². The molecule has 0 spiro atoms. The Balaban J connectivity index is 2.16. The van der Waals surface area contributed by atoms with Crippen molar-refractivity contribution in [2.75, 3.05) is 25.5 Å². The van der Waals surface area contributed by atoms with Crippen LogP contribution < -0.4 is 5.32 Å². The third-order valence-electron chi connectivity index (χ3n) is 2.50. The number of thioether (sulfide) groups is 1. The molecule has 1 rings (SSSR count). The van der Waals surface area contributed by atoms with Crippen molar-refractivity contribution in [3.63, 3.8) is 0 Å². The van der Waals surface area contributed by atoms with E-state index in [4.69, 9.17) is 16.3 Å². The summed E-state index contributed by atoms with van der Waals surface area (Å²) in [6.45, 7) is 2.87. The summed E-state index contributed by atoms with van der Waals surface area (Å²) in [5.41, 5.74) is 1.02. The van der Waals surface area contributed by atoms with E-state index in [2.05, 4.69) is 5.32 Å². The quantitative estimate of drug-likeness (QED) is 0.732. The molecule has 0 radical (unpaired) electrons. The van der Waals surface area contributed by atoms with E-state index >= 15 is 0 Å². The van der Waals surface area contributed by atoms with Gasteiger partial charge < -0.3 is 15.2 Å². The molecular formula is C14H20ClNO3S. The smallest absolute Gasteiger partial charge is 0.230 e. The van der Waals surface area contributed by atoms with Crippen LogP contribution in [-0.4, -0.2) is 42.6 Å². The molecule has 4 nitrogen and oxygen atoms in total. The number of hydrogen-bond donors (Lipinski definition) is 2. The fourth-order valence-electron chi connectivity index (χ4n) is 1.46. The lowest BCUT2D eigenvalue weighted by Crippen LogP contribution is -2.35. The second-order valence-electron chi connectivity index (χ2n) is 4.20. The Bertz CT molecular complexity index is 417. The molecule has 2 N–H and O–H groups in total. The molecule has 0 bridgehead atoms. The molecule has 1 aromatic carbocycles. The Morgan fingerprint density at radius 2 is 2.25 bits per heavy atom. The molecule has 0 heterocycles. The number of carbonyl (C=O) groups is 1. The second kappa shape index (κ2) is 10.0. The van der Waals surface area contributed by atoms with Gasteiger partial charge in [0, 0.05) is 23.9 Å². The number of ether oxygens (including phenoxy) is 1. The lowest BCUT2D eigenvalue weighted by Gasteiger charge is -2.11. The normalized spacial score (nSPS) is 12.2. The molecule has 0 aliphatic heterocycles. The van der Waals surface area contributed by atoms with Crippen LogP contribution in [0.3, 0.4) is 0 Å². The number of aliphatic hydroxyl groups excluding tert-OH is 1. The lowest BCUT2D eigenvalue weighted by molar-refractivity contribution is -0.119. The number of amides is 1. The molecule has 1 unspecified atom stereocenters. The minimum atomic E-state index is -0.660. The van der Waals surface area contributed by atoms with E-state index in [0.29, 0.717) is 23.1 Å². The summed E-state index contributed by atoms with van der Waals surface area (Å²) in [5, 5.41) is 12.9. The number of hydrogen-bond acceptors (Lipinski definition) is 4. The molecule has 1 amide bonds. The van der Waals surface area contributed by atoms with Crippen LogP contribution in [0.1, 0.15) is 12.5 Å². The van der Waals surface area contributed by atoms with Gasteiger partial charge in [0.25, 0.3) is 0 Å². The van der Waals surface area contributed by atoms with E-state index in [9.17, 15) is 9.90 Å². The van der Waals surface area contributed by atoms with Crippen molar-refractivity contribution >= 4 is 29.3 Å². The maximum absolute atomic E-state index is 11.6. The molecule has 0 aromatic heterocycles. The average Bonchev–Trinajstić information content (AvgIpc) is 2.45. The first-order valence-electron chi connectivity index (χ1n) is 6.47. The predicted molar refractivity (Wildman–Crippen MR) is 83.1 cm³/mol. The SMILES string of the molecule is CCOCC(O)CNC(=O)CSCc1ccccc1Cl. The minimum Gasteiger partial charge on any atom is -0.389 e. The van der Waals surface area contributed by atoms with E-state index in [1.54, 1.807) is 0 Å². The highest BCUT2D eigenvalue weighted by Gasteiger charge is 2.07. The van der Waals surface area contributed by atoms with Crippen LogP contribution in [0.25, 0.3) is 0 Å². The van der Waals surface area contributed by atoms with Crippen molar-refractivity contribution < 1.29 is 14.6 Å². The van der Waals surface area contributed by atoms with Crippen LogP contribution in [0.2, 0.25) is 5.02 Å². The molecular weight excluding hydrogens is 298 g/mol. The number of halogens is 1. The highest BCUT2D eigenvalue weighted by Crippen LogP contribution is 2.20. The minimum absolute atomic E-state index is 0.0994. The molecule has 1 aromatic rings. The first kappa shape index (κ1) is 17.3. The summed E-state index contributed by atoms with van der Waals surface area (Å²) in [4.78, 5) is 11.6. The molecule has 0 aliphatic carbocycles. The summed E-state index contributed by atoms with van der Waals surface area (Å²) in [5.74, 6) is 0.929. The van der Waals surface area contributed by atoms with Crippen molar-refractivity contribution in [3.05, 3.63) is 34.9 Å². The van der Waals surface area contributed by atoms with Gasteiger partial charge >= 0.3 is 0 Å². The van der Waals surface area contributed by atoms with Gasteiger partial charge in [-0.05, 0) is 18.6 Å². The Kier molecular flexibility index (Phi) is 8.69. The maximum atomic E-state index is 11.6. The van der Waals surface area contributed by atoms with Gasteiger partial charge in [-0.3, -0.25) is 4.79 Å². The molecule has 0 fully saturated rings. The zero-order valence-electron chi connectivity index (χ0n) is 11.5. The topological polar surface area (TPSA) is 58.6 Å². The van der Waals surface area contributed by atoms with Crippen molar-refractivity contribution in [2.24, 2.45) is 0 Å². The highest BCUT2D eigenvalue weighted by atomic mass is 35.5. The van der Waals surface area contributed by atoms with E-state index in [0.717, 1.165) is 5.56 Å². The van der Waals surface area contributed by atoms with E-state index in [1.165, 1.54) is 11.8 Å². The third-order valence-corrected chi connectivity index (χ3v) is 3.85. The van der Waals surface area contributed by atoms with Crippen molar-refractivity contribution in [1.82, 2.24) is 5.32 Å². The monoisotopic (exact) mass is 317 g/mol. The molecule has 112 valence electrons. The standard InChI is InChI=1S/C14H20ClNO3S/c1-2-19-8-12(17)7-16-14(18)10-20-9-11-5-3-4-6-13(11)15/h3-6,12,17H,2,7-10H2,1H3,(H,16,18). The van der Waals surface area contributed by atoms with Crippen LogP contribution in [0.5, 0.6) is 0 Å². The van der Waals surface area contributed by atoms with Crippen LogP contribution in [0.4, 0.5) is 0 Å². The largest absolute Gasteiger partial charge is 0.389 e. The number of nitrogens with one attached hydrogen (secondary N) is 1. The Morgan fingerprint density at radius 1 is 1.50 bits per heavy atom. The zero-order chi connectivity index (χ0) is 14.8. The van der Waals surface area contributed by atoms with Crippen molar-refractivity contribution in [1.29, 1.82) is 0 Å². The molecule has 0 saturated heterocycles. The summed E-state index contributed by atoms with van der Waals surface area (Å²) in [6.07, 6.45) is -0.660. The lowest BCUT2D eigenvalue weighted by atomic mass is 10.2. The summed E-state index contributed by atoms with van der Waals surface area (Å²) in [7, 11) is 0. The maximum Gasteiger partial charge on any atom is 0.230 e. The summed E-state index contributed by atoms with van der Waals surface area (Å²) in [6, 6.07) is 7.58. The molecule has 0 saturated carbocycles. The predicted octanol–water partition coefficient (Wildman–Crippen LogP) is 2.09. The van der Waals surface area contributed by atoms with E-state index in [1.807, 2.05) is 31.2 Å².